The molecule has 1 aliphatic heterocycles. The van der Waals surface area contributed by atoms with Gasteiger partial charge in [0, 0.05) is 24.2 Å². The molecule has 1 aliphatic rings. The number of nitriles is 2. The van der Waals surface area contributed by atoms with E-state index < -0.39 is 0 Å². The molecule has 0 saturated carbocycles. The molecule has 0 unspecified atom stereocenters. The number of aryl methyl sites for hydroxylation is 2. The van der Waals surface area contributed by atoms with Gasteiger partial charge in [0.2, 0.25) is 11.9 Å². The van der Waals surface area contributed by atoms with Crippen LogP contribution in [0.1, 0.15) is 165 Å². The van der Waals surface area contributed by atoms with E-state index >= 15 is 0 Å². The standard InChI is InChI=1S/C38H57N13/c1-3-5-7-9-11-13-15-17-19-21-23-50-36(42)47-37(49-50)44-33-31-25-29(27-39)30(28-40)26-32(31)34(43-33)45-38-46-35(41)48-51(38)24-22-20-18-16-14-12-10-8-6-4-2/h25-26H,3-24H2,1-2H3,(H5,41,42,43,44,45,46,47,48,49). The zero-order valence-corrected chi connectivity index (χ0v) is 30.8. The second-order valence-corrected chi connectivity index (χ2v) is 13.6. The lowest BCUT2D eigenvalue weighted by Crippen LogP contribution is -2.22. The van der Waals surface area contributed by atoms with Crippen LogP contribution in [-0.2, 0) is 13.1 Å². The van der Waals surface area contributed by atoms with Gasteiger partial charge in [-0.15, -0.1) is 10.2 Å². The van der Waals surface area contributed by atoms with E-state index in [1.54, 1.807) is 21.5 Å². The number of aliphatic imine (C=N–C) groups is 2. The molecular weight excluding hydrogens is 639 g/mol. The normalized spacial score (nSPS) is 13.8. The van der Waals surface area contributed by atoms with Crippen LogP contribution in [0, 0.1) is 22.7 Å². The van der Waals surface area contributed by atoms with Crippen LogP contribution >= 0.6 is 0 Å². The van der Waals surface area contributed by atoms with Crippen LogP contribution in [0.2, 0.25) is 0 Å². The Bertz CT molecular complexity index is 1670. The molecule has 13 heteroatoms. The van der Waals surface area contributed by atoms with Crippen LogP contribution in [0.3, 0.4) is 0 Å². The second kappa shape index (κ2) is 21.4. The number of aromatic nitrogens is 6. The smallest absolute Gasteiger partial charge is 0.272 e. The van der Waals surface area contributed by atoms with E-state index in [1.807, 2.05) is 0 Å². The molecule has 0 bridgehead atoms. The van der Waals surface area contributed by atoms with Crippen LogP contribution in [0.15, 0.2) is 22.1 Å². The van der Waals surface area contributed by atoms with Gasteiger partial charge in [-0.25, -0.2) is 9.36 Å². The predicted molar refractivity (Wildman–Crippen MR) is 204 cm³/mol. The molecule has 3 aromatic rings. The van der Waals surface area contributed by atoms with Crippen molar-refractivity contribution in [2.45, 2.75) is 155 Å². The zero-order valence-electron chi connectivity index (χ0n) is 30.8. The molecule has 1 aromatic carbocycles. The Labute approximate surface area is 303 Å². The van der Waals surface area contributed by atoms with E-state index in [0.717, 1.165) is 25.7 Å². The topological polar surface area (TPSA) is 198 Å². The van der Waals surface area contributed by atoms with Crippen molar-refractivity contribution in [2.24, 2.45) is 9.98 Å². The summed E-state index contributed by atoms with van der Waals surface area (Å²) in [5, 5.41) is 31.7. The highest BCUT2D eigenvalue weighted by Crippen LogP contribution is 2.26. The first kappa shape index (κ1) is 39.0. The van der Waals surface area contributed by atoms with E-state index in [-0.39, 0.29) is 23.0 Å². The van der Waals surface area contributed by atoms with E-state index in [0.29, 0.717) is 47.8 Å². The summed E-state index contributed by atoms with van der Waals surface area (Å²) in [6, 6.07) is 7.50. The minimum absolute atomic E-state index is 0.138. The summed E-state index contributed by atoms with van der Waals surface area (Å²) in [6.45, 7) is 5.79. The fourth-order valence-corrected chi connectivity index (χ4v) is 6.43. The SMILES string of the molecule is CCCCCCCCCCCCn1nc(/N=C2\N/C(=N\c3nc(N)nn3CCCCCCCCCCCC)c3cc(C#N)c(C#N)cc32)nc1N. The number of hydrogen-bond donors (Lipinski definition) is 3. The van der Waals surface area contributed by atoms with Crippen molar-refractivity contribution in [1.82, 2.24) is 34.8 Å². The third-order valence-electron chi connectivity index (χ3n) is 9.37. The maximum absolute atomic E-state index is 9.76. The van der Waals surface area contributed by atoms with Crippen molar-refractivity contribution < 1.29 is 0 Å². The Morgan fingerprint density at radius 3 is 1.55 bits per heavy atom. The van der Waals surface area contributed by atoms with E-state index in [9.17, 15) is 10.5 Å². The van der Waals surface area contributed by atoms with Gasteiger partial charge in [0.1, 0.15) is 23.8 Å². The van der Waals surface area contributed by atoms with Gasteiger partial charge in [-0.1, -0.05) is 129 Å². The molecule has 0 spiro atoms. The van der Waals surface area contributed by atoms with Crippen molar-refractivity contribution >= 4 is 35.5 Å². The van der Waals surface area contributed by atoms with Gasteiger partial charge in [0.15, 0.2) is 0 Å². The molecule has 0 saturated heterocycles. The second-order valence-electron chi connectivity index (χ2n) is 13.6. The molecule has 274 valence electrons. The van der Waals surface area contributed by atoms with Crippen LogP contribution in [0.25, 0.3) is 0 Å². The summed E-state index contributed by atoms with van der Waals surface area (Å²) in [6.07, 6.45) is 24.8. The van der Waals surface area contributed by atoms with E-state index in [2.05, 4.69) is 56.5 Å². The third kappa shape index (κ3) is 12.2. The summed E-state index contributed by atoms with van der Waals surface area (Å²) in [5.41, 5.74) is 13.9. The first-order valence-electron chi connectivity index (χ1n) is 19.3. The molecule has 0 fully saturated rings. The van der Waals surface area contributed by atoms with Crippen molar-refractivity contribution in [3.63, 3.8) is 0 Å². The zero-order chi connectivity index (χ0) is 36.3. The number of rotatable bonds is 24. The van der Waals surface area contributed by atoms with Crippen molar-refractivity contribution in [2.75, 3.05) is 11.5 Å². The third-order valence-corrected chi connectivity index (χ3v) is 9.37. The fraction of sp³-hybridized carbons (Fsp3) is 0.632. The van der Waals surface area contributed by atoms with Crippen LogP contribution in [-0.4, -0.2) is 41.2 Å². The van der Waals surface area contributed by atoms with Crippen LogP contribution in [0.5, 0.6) is 0 Å². The lowest BCUT2D eigenvalue weighted by molar-refractivity contribution is 0.517. The molecule has 3 heterocycles. The summed E-state index contributed by atoms with van der Waals surface area (Å²) < 4.78 is 3.41. The molecular formula is C38H57N13. The Balaban J connectivity index is 1.40. The largest absolute Gasteiger partial charge is 0.368 e. The number of nitrogens with two attached hydrogens (primary N) is 2. The first-order chi connectivity index (χ1) is 25.0. The highest BCUT2D eigenvalue weighted by molar-refractivity contribution is 6.26. The maximum atomic E-state index is 9.76. The fourth-order valence-electron chi connectivity index (χ4n) is 6.43. The van der Waals surface area contributed by atoms with Crippen LogP contribution in [0.4, 0.5) is 23.8 Å². The van der Waals surface area contributed by atoms with Gasteiger partial charge >= 0.3 is 0 Å². The summed E-state index contributed by atoms with van der Waals surface area (Å²) in [5.74, 6) is 1.80. The Morgan fingerprint density at radius 2 is 1.06 bits per heavy atom. The number of nitrogen functional groups attached to an aromatic ring is 2. The lowest BCUT2D eigenvalue weighted by Gasteiger charge is -2.05. The molecule has 4 rings (SSSR count). The summed E-state index contributed by atoms with van der Waals surface area (Å²) in [4.78, 5) is 18.2. The monoisotopic (exact) mass is 695 g/mol. The highest BCUT2D eigenvalue weighted by atomic mass is 15.4. The number of nitrogens with one attached hydrogen (secondary N) is 1. The van der Waals surface area contributed by atoms with Gasteiger partial charge in [-0.3, -0.25) is 0 Å². The Morgan fingerprint density at radius 1 is 0.608 bits per heavy atom. The predicted octanol–water partition coefficient (Wildman–Crippen LogP) is 8.38. The van der Waals surface area contributed by atoms with E-state index in [4.69, 9.17) is 16.5 Å². The number of nitrogens with zero attached hydrogens (tertiary/aromatic N) is 10. The van der Waals surface area contributed by atoms with Crippen molar-refractivity contribution in [1.29, 1.82) is 10.5 Å². The van der Waals surface area contributed by atoms with E-state index in [1.165, 1.54) is 103 Å². The molecule has 51 heavy (non-hydrogen) atoms. The number of fused-ring (bicyclic) bond motifs is 1. The molecule has 13 nitrogen and oxygen atoms in total. The van der Waals surface area contributed by atoms with Gasteiger partial charge < -0.3 is 16.8 Å². The number of benzene rings is 1. The Hall–Kier alpha value is -4.78. The number of anilines is 2. The molecule has 2 aromatic heterocycles. The quantitative estimate of drug-likeness (QED) is 0.0770. The van der Waals surface area contributed by atoms with Gasteiger partial charge in [0.25, 0.3) is 11.9 Å². The van der Waals surface area contributed by atoms with Crippen molar-refractivity contribution in [3.05, 3.63) is 34.4 Å². The van der Waals surface area contributed by atoms with Crippen molar-refractivity contribution in [3.8, 4) is 12.1 Å². The molecule has 0 aliphatic carbocycles. The van der Waals surface area contributed by atoms with Gasteiger partial charge in [-0.2, -0.15) is 30.5 Å². The highest BCUT2D eigenvalue weighted by Gasteiger charge is 2.27. The molecule has 5 N–H and O–H groups in total. The minimum Gasteiger partial charge on any atom is -0.368 e. The summed E-state index contributed by atoms with van der Waals surface area (Å²) >= 11 is 0. The molecule has 0 atom stereocenters. The lowest BCUT2D eigenvalue weighted by atomic mass is 10.0. The number of hydrogen-bond acceptors (Lipinski definition) is 10. The van der Waals surface area contributed by atoms with Crippen LogP contribution < -0.4 is 16.8 Å². The first-order valence-corrected chi connectivity index (χ1v) is 19.3. The van der Waals surface area contributed by atoms with Gasteiger partial charge in [-0.05, 0) is 25.0 Å². The Kier molecular flexibility index (Phi) is 16.4. The molecule has 0 radical (unpaired) electrons. The summed E-state index contributed by atoms with van der Waals surface area (Å²) in [7, 11) is 0. The number of amidine groups is 2. The average molecular weight is 696 g/mol. The average Bonchev–Trinajstić information content (AvgIpc) is 3.78. The maximum Gasteiger partial charge on any atom is 0.272 e. The van der Waals surface area contributed by atoms with Gasteiger partial charge in [0.05, 0.1) is 11.1 Å². The molecule has 0 amide bonds. The number of unbranched alkanes of at least 4 members (excludes halogenated alkanes) is 18. The minimum atomic E-state index is 0.138.